The molecule has 4 rings (SSSR count). The largest absolute Gasteiger partial charge is 0.515 e. The molecule has 0 aromatic rings. The van der Waals surface area contributed by atoms with Crippen molar-refractivity contribution in [2.45, 2.75) is 71.8 Å². The van der Waals surface area contributed by atoms with Gasteiger partial charge in [-0.25, -0.2) is 0 Å². The summed E-state index contributed by atoms with van der Waals surface area (Å²) in [7, 11) is 0. The Balaban J connectivity index is 1.75. The molecule has 2 N–H and O–H groups in total. The Bertz CT molecular complexity index is 645. The van der Waals surface area contributed by atoms with E-state index >= 15 is 0 Å². The van der Waals surface area contributed by atoms with E-state index in [1.54, 1.807) is 0 Å². The lowest BCUT2D eigenvalue weighted by molar-refractivity contribution is -0.114. The Morgan fingerprint density at radius 3 is 2.58 bits per heavy atom. The zero-order chi connectivity index (χ0) is 17.3. The van der Waals surface area contributed by atoms with E-state index in [4.69, 9.17) is 0 Å². The van der Waals surface area contributed by atoms with Crippen LogP contribution in [0.3, 0.4) is 0 Å². The monoisotopic (exact) mass is 330 g/mol. The minimum absolute atomic E-state index is 0.00431. The number of carbonyl (C=O) groups excluding carboxylic acids is 1. The van der Waals surface area contributed by atoms with Crippen LogP contribution in [0.2, 0.25) is 0 Å². The third kappa shape index (κ3) is 1.91. The van der Waals surface area contributed by atoms with Gasteiger partial charge in [-0.2, -0.15) is 0 Å². The van der Waals surface area contributed by atoms with Gasteiger partial charge in [-0.15, -0.1) is 0 Å². The van der Waals surface area contributed by atoms with Gasteiger partial charge in [0, 0.05) is 5.57 Å². The van der Waals surface area contributed by atoms with Gasteiger partial charge in [0.25, 0.3) is 0 Å². The van der Waals surface area contributed by atoms with Crippen LogP contribution in [0, 0.1) is 28.6 Å². The number of carbonyl (C=O) groups is 1. The summed E-state index contributed by atoms with van der Waals surface area (Å²) >= 11 is 0. The summed E-state index contributed by atoms with van der Waals surface area (Å²) < 4.78 is 0. The standard InChI is InChI=1S/C21H30O3/c1-12-15-5-4-14-16-6-7-18(23)20(16,2)9-8-17(14)21(15,3)10-13(11-22)19(12)24/h11,14,16-18,22-23H,4-10H2,1-3H3/t14-,16-,17-,18-,20-,21-/m0/s1. The van der Waals surface area contributed by atoms with E-state index in [2.05, 4.69) is 13.8 Å². The molecule has 3 heteroatoms. The molecule has 4 aliphatic rings. The lowest BCUT2D eigenvalue weighted by Gasteiger charge is -2.58. The summed E-state index contributed by atoms with van der Waals surface area (Å²) in [6, 6.07) is 0. The average molecular weight is 330 g/mol. The number of ketones is 1. The molecule has 0 spiro atoms. The van der Waals surface area contributed by atoms with E-state index in [1.165, 1.54) is 5.57 Å². The van der Waals surface area contributed by atoms with E-state index in [0.29, 0.717) is 29.7 Å². The number of aliphatic hydroxyl groups excluding tert-OH is 2. The first-order valence-electron chi connectivity index (χ1n) is 9.59. The van der Waals surface area contributed by atoms with Gasteiger partial charge in [-0.1, -0.05) is 19.4 Å². The lowest BCUT2D eigenvalue weighted by atomic mass is 9.46. The maximum Gasteiger partial charge on any atom is 0.187 e. The van der Waals surface area contributed by atoms with Gasteiger partial charge in [-0.3, -0.25) is 4.79 Å². The molecule has 0 bridgehead atoms. The average Bonchev–Trinajstić information content (AvgIpc) is 2.86. The second-order valence-electron chi connectivity index (χ2n) is 9.23. The molecule has 0 amide bonds. The van der Waals surface area contributed by atoms with Gasteiger partial charge in [0.2, 0.25) is 0 Å². The second kappa shape index (κ2) is 5.20. The summed E-state index contributed by atoms with van der Waals surface area (Å²) in [6.45, 7) is 6.58. The van der Waals surface area contributed by atoms with Crippen molar-refractivity contribution in [1.29, 1.82) is 0 Å². The number of fused-ring (bicyclic) bond motifs is 5. The Labute approximate surface area is 144 Å². The van der Waals surface area contributed by atoms with Crippen LogP contribution in [0.1, 0.15) is 65.7 Å². The van der Waals surface area contributed by atoms with Crippen molar-refractivity contribution < 1.29 is 15.0 Å². The third-order valence-electron chi connectivity index (χ3n) is 8.42. The summed E-state index contributed by atoms with van der Waals surface area (Å²) in [5.74, 6) is 1.88. The van der Waals surface area contributed by atoms with Crippen molar-refractivity contribution in [1.82, 2.24) is 0 Å². The smallest absolute Gasteiger partial charge is 0.187 e. The van der Waals surface area contributed by atoms with Crippen molar-refractivity contribution in [2.75, 3.05) is 0 Å². The maximum atomic E-state index is 12.5. The van der Waals surface area contributed by atoms with E-state index < -0.39 is 0 Å². The SMILES string of the molecule is CC1=C2CC[C@H]3[C@@H]4CC[C@H](O)[C@@]4(C)CC[C@@H]3[C@@]2(C)CC(=CO)C1=O. The van der Waals surface area contributed by atoms with Crippen LogP contribution in [0.5, 0.6) is 0 Å². The quantitative estimate of drug-likeness (QED) is 0.514. The normalized spacial score (nSPS) is 49.8. The van der Waals surface area contributed by atoms with Gasteiger partial charge < -0.3 is 10.2 Å². The molecule has 3 fully saturated rings. The van der Waals surface area contributed by atoms with Gasteiger partial charge >= 0.3 is 0 Å². The molecule has 3 nitrogen and oxygen atoms in total. The maximum absolute atomic E-state index is 12.5. The first-order valence-corrected chi connectivity index (χ1v) is 9.59. The molecule has 0 radical (unpaired) electrons. The predicted molar refractivity (Wildman–Crippen MR) is 93.4 cm³/mol. The summed E-state index contributed by atoms with van der Waals surface area (Å²) in [5.41, 5.74) is 2.90. The highest BCUT2D eigenvalue weighted by molar-refractivity contribution is 6.09. The fourth-order valence-electron chi connectivity index (χ4n) is 7.09. The summed E-state index contributed by atoms with van der Waals surface area (Å²) in [4.78, 5) is 12.5. The summed E-state index contributed by atoms with van der Waals surface area (Å²) in [6.07, 6.45) is 8.07. The number of rotatable bonds is 0. The summed E-state index contributed by atoms with van der Waals surface area (Å²) in [5, 5.41) is 20.1. The van der Waals surface area contributed by atoms with E-state index in [0.717, 1.165) is 50.4 Å². The molecule has 0 unspecified atom stereocenters. The molecule has 3 saturated carbocycles. The van der Waals surface area contributed by atoms with Crippen molar-refractivity contribution in [3.05, 3.63) is 23.0 Å². The van der Waals surface area contributed by atoms with Gasteiger partial charge in [0.1, 0.15) is 0 Å². The predicted octanol–water partition coefficient (Wildman–Crippen LogP) is 4.32. The number of aliphatic hydroxyl groups is 2. The van der Waals surface area contributed by atoms with E-state index in [-0.39, 0.29) is 22.7 Å². The molecule has 0 heterocycles. The molecule has 0 aromatic heterocycles. The minimum Gasteiger partial charge on any atom is -0.515 e. The fourth-order valence-corrected chi connectivity index (χ4v) is 7.09. The minimum atomic E-state index is -0.143. The van der Waals surface area contributed by atoms with Crippen LogP contribution < -0.4 is 0 Å². The molecule has 4 aliphatic carbocycles. The Morgan fingerprint density at radius 2 is 1.88 bits per heavy atom. The van der Waals surface area contributed by atoms with Crippen LogP contribution in [0.25, 0.3) is 0 Å². The molecule has 0 aromatic carbocycles. The molecular weight excluding hydrogens is 300 g/mol. The third-order valence-corrected chi connectivity index (χ3v) is 8.42. The number of hydrogen-bond acceptors (Lipinski definition) is 3. The Hall–Kier alpha value is -1.09. The first kappa shape index (κ1) is 16.4. The zero-order valence-corrected chi connectivity index (χ0v) is 15.1. The van der Waals surface area contributed by atoms with Crippen LogP contribution in [-0.2, 0) is 4.79 Å². The highest BCUT2D eigenvalue weighted by Gasteiger charge is 2.59. The van der Waals surface area contributed by atoms with Gasteiger partial charge in [-0.05, 0) is 86.0 Å². The lowest BCUT2D eigenvalue weighted by Crippen LogP contribution is -2.51. The number of hydrogen-bond donors (Lipinski definition) is 2. The molecule has 6 atom stereocenters. The van der Waals surface area contributed by atoms with E-state index in [1.807, 2.05) is 6.92 Å². The zero-order valence-electron chi connectivity index (χ0n) is 15.1. The second-order valence-corrected chi connectivity index (χ2v) is 9.23. The fraction of sp³-hybridized carbons (Fsp3) is 0.762. The van der Waals surface area contributed by atoms with Crippen molar-refractivity contribution in [3.8, 4) is 0 Å². The highest BCUT2D eigenvalue weighted by Crippen LogP contribution is 2.66. The molecule has 132 valence electrons. The Morgan fingerprint density at radius 1 is 1.12 bits per heavy atom. The van der Waals surface area contributed by atoms with E-state index in [9.17, 15) is 15.0 Å². The molecular formula is C21H30O3. The number of Topliss-reactive ketones (excluding diaryl/α,β-unsaturated/α-hetero) is 1. The van der Waals surface area contributed by atoms with Crippen LogP contribution in [0.15, 0.2) is 23.0 Å². The topological polar surface area (TPSA) is 57.5 Å². The van der Waals surface area contributed by atoms with Crippen LogP contribution in [0.4, 0.5) is 0 Å². The number of allylic oxidation sites excluding steroid dienone is 2. The molecule has 0 saturated heterocycles. The van der Waals surface area contributed by atoms with Gasteiger partial charge in [0.15, 0.2) is 5.78 Å². The van der Waals surface area contributed by atoms with Crippen molar-refractivity contribution in [2.24, 2.45) is 28.6 Å². The Kier molecular flexibility index (Phi) is 3.55. The van der Waals surface area contributed by atoms with Crippen molar-refractivity contribution in [3.63, 3.8) is 0 Å². The highest BCUT2D eigenvalue weighted by atomic mass is 16.3. The van der Waals surface area contributed by atoms with Gasteiger partial charge in [0.05, 0.1) is 12.4 Å². The molecule has 24 heavy (non-hydrogen) atoms. The molecule has 0 aliphatic heterocycles. The van der Waals surface area contributed by atoms with Crippen molar-refractivity contribution >= 4 is 5.78 Å². The first-order chi connectivity index (χ1) is 11.3. The van der Waals surface area contributed by atoms with Crippen LogP contribution >= 0.6 is 0 Å². The van der Waals surface area contributed by atoms with Crippen LogP contribution in [-0.4, -0.2) is 22.1 Å².